The first kappa shape index (κ1) is 18.7. The van der Waals surface area contributed by atoms with E-state index in [0.29, 0.717) is 24.5 Å². The Morgan fingerprint density at radius 2 is 1.79 bits per heavy atom. The third-order valence-corrected chi connectivity index (χ3v) is 4.66. The molecule has 0 N–H and O–H groups in total. The van der Waals surface area contributed by atoms with E-state index in [1.165, 1.54) is 18.2 Å². The molecule has 0 spiro atoms. The predicted octanol–water partition coefficient (Wildman–Crippen LogP) is 2.36. The molecular formula is C21H17NO7. The van der Waals surface area contributed by atoms with Crippen LogP contribution in [-0.4, -0.2) is 43.1 Å². The minimum absolute atomic E-state index is 0.0816. The highest BCUT2D eigenvalue weighted by atomic mass is 16.6. The maximum Gasteiger partial charge on any atom is 0.347 e. The summed E-state index contributed by atoms with van der Waals surface area (Å²) in [7, 11) is 0. The van der Waals surface area contributed by atoms with E-state index in [-0.39, 0.29) is 23.3 Å². The van der Waals surface area contributed by atoms with Gasteiger partial charge < -0.3 is 14.2 Å². The van der Waals surface area contributed by atoms with Gasteiger partial charge in [-0.1, -0.05) is 0 Å². The molecule has 8 heteroatoms. The molecule has 1 atom stereocenters. The molecule has 2 aliphatic heterocycles. The summed E-state index contributed by atoms with van der Waals surface area (Å²) in [5, 5.41) is 0. The van der Waals surface area contributed by atoms with Gasteiger partial charge in [0.1, 0.15) is 5.75 Å². The number of ether oxygens (including phenoxy) is 3. The van der Waals surface area contributed by atoms with Crippen LogP contribution in [0.2, 0.25) is 0 Å². The van der Waals surface area contributed by atoms with Gasteiger partial charge in [0, 0.05) is 6.42 Å². The number of nitrogens with zero attached hydrogens (tertiary/aromatic N) is 1. The summed E-state index contributed by atoms with van der Waals surface area (Å²) >= 11 is 0. The standard InChI is InChI=1S/C21H17NO7/c1-2-27-14-6-4-13(5-7-14)22-18(23)15-8-3-12(11-16(15)19(22)24)20(25)29-17-9-10-28-21(17)26/h3-8,11,17H,2,9-10H2,1H3/t17-/m0/s1. The Kier molecular flexibility index (Phi) is 4.75. The van der Waals surface area contributed by atoms with Crippen LogP contribution in [0.25, 0.3) is 0 Å². The van der Waals surface area contributed by atoms with E-state index in [4.69, 9.17) is 14.2 Å². The number of fused-ring (bicyclic) bond motifs is 1. The predicted molar refractivity (Wildman–Crippen MR) is 100.0 cm³/mol. The van der Waals surface area contributed by atoms with Crippen molar-refractivity contribution in [3.8, 4) is 5.75 Å². The largest absolute Gasteiger partial charge is 0.494 e. The van der Waals surface area contributed by atoms with E-state index in [1.807, 2.05) is 6.92 Å². The van der Waals surface area contributed by atoms with Gasteiger partial charge in [0.05, 0.1) is 35.6 Å². The number of cyclic esters (lactones) is 1. The normalized spacial score (nSPS) is 17.9. The number of hydrogen-bond donors (Lipinski definition) is 0. The summed E-state index contributed by atoms with van der Waals surface area (Å²) in [4.78, 5) is 50.4. The molecule has 0 saturated carbocycles. The van der Waals surface area contributed by atoms with Crippen LogP contribution in [0.3, 0.4) is 0 Å². The molecule has 0 radical (unpaired) electrons. The number of amides is 2. The highest BCUT2D eigenvalue weighted by Crippen LogP contribution is 2.30. The lowest BCUT2D eigenvalue weighted by Gasteiger charge is -2.14. The molecule has 0 aliphatic carbocycles. The van der Waals surface area contributed by atoms with Crippen molar-refractivity contribution in [3.05, 3.63) is 59.2 Å². The smallest absolute Gasteiger partial charge is 0.347 e. The maximum atomic E-state index is 12.8. The topological polar surface area (TPSA) is 99.2 Å². The second kappa shape index (κ2) is 7.38. The number of hydrogen-bond acceptors (Lipinski definition) is 7. The summed E-state index contributed by atoms with van der Waals surface area (Å²) in [6.07, 6.45) is -0.660. The summed E-state index contributed by atoms with van der Waals surface area (Å²) in [5.74, 6) is -1.73. The molecule has 2 aromatic rings. The van der Waals surface area contributed by atoms with Gasteiger partial charge in [-0.05, 0) is 49.4 Å². The van der Waals surface area contributed by atoms with E-state index >= 15 is 0 Å². The molecule has 2 heterocycles. The highest BCUT2D eigenvalue weighted by Gasteiger charge is 2.38. The van der Waals surface area contributed by atoms with Crippen LogP contribution >= 0.6 is 0 Å². The fourth-order valence-corrected chi connectivity index (χ4v) is 3.24. The Labute approximate surface area is 166 Å². The SMILES string of the molecule is CCOc1ccc(N2C(=O)c3ccc(C(=O)O[C@H]4CCOC4=O)cc3C2=O)cc1. The Morgan fingerprint density at radius 3 is 2.45 bits per heavy atom. The van der Waals surface area contributed by atoms with Crippen LogP contribution in [-0.2, 0) is 14.3 Å². The summed E-state index contributed by atoms with van der Waals surface area (Å²) < 4.78 is 15.3. The Bertz CT molecular complexity index is 1010. The van der Waals surface area contributed by atoms with Crippen molar-refractivity contribution in [2.24, 2.45) is 0 Å². The van der Waals surface area contributed by atoms with Crippen LogP contribution in [0.5, 0.6) is 5.75 Å². The van der Waals surface area contributed by atoms with Gasteiger partial charge in [-0.15, -0.1) is 0 Å². The molecule has 2 aliphatic rings. The zero-order valence-electron chi connectivity index (χ0n) is 15.5. The van der Waals surface area contributed by atoms with Gasteiger partial charge in [0.25, 0.3) is 11.8 Å². The number of anilines is 1. The lowest BCUT2D eigenvalue weighted by atomic mass is 10.1. The molecule has 0 unspecified atom stereocenters. The summed E-state index contributed by atoms with van der Waals surface area (Å²) in [5.41, 5.74) is 0.781. The Hall–Kier alpha value is -3.68. The molecule has 0 aromatic heterocycles. The van der Waals surface area contributed by atoms with Crippen molar-refractivity contribution in [1.29, 1.82) is 0 Å². The van der Waals surface area contributed by atoms with Crippen molar-refractivity contribution in [1.82, 2.24) is 0 Å². The van der Waals surface area contributed by atoms with E-state index in [1.54, 1.807) is 24.3 Å². The molecule has 0 bridgehead atoms. The molecule has 2 aromatic carbocycles. The fourth-order valence-electron chi connectivity index (χ4n) is 3.24. The molecule has 29 heavy (non-hydrogen) atoms. The zero-order valence-corrected chi connectivity index (χ0v) is 15.5. The average Bonchev–Trinajstić information content (AvgIpc) is 3.23. The average molecular weight is 395 g/mol. The molecule has 2 amide bonds. The lowest BCUT2D eigenvalue weighted by Crippen LogP contribution is -2.29. The Balaban J connectivity index is 1.57. The Morgan fingerprint density at radius 1 is 1.07 bits per heavy atom. The second-order valence-corrected chi connectivity index (χ2v) is 6.48. The van der Waals surface area contributed by atoms with Gasteiger partial charge in [-0.25, -0.2) is 14.5 Å². The minimum Gasteiger partial charge on any atom is -0.494 e. The quantitative estimate of drug-likeness (QED) is 0.566. The lowest BCUT2D eigenvalue weighted by molar-refractivity contribution is -0.145. The highest BCUT2D eigenvalue weighted by molar-refractivity contribution is 6.34. The van der Waals surface area contributed by atoms with E-state index in [0.717, 1.165) is 4.90 Å². The first-order chi connectivity index (χ1) is 14.0. The minimum atomic E-state index is -0.951. The third-order valence-electron chi connectivity index (χ3n) is 4.66. The van der Waals surface area contributed by atoms with Crippen molar-refractivity contribution in [2.75, 3.05) is 18.1 Å². The first-order valence-corrected chi connectivity index (χ1v) is 9.13. The first-order valence-electron chi connectivity index (χ1n) is 9.13. The maximum absolute atomic E-state index is 12.8. The van der Waals surface area contributed by atoms with Crippen molar-refractivity contribution in [2.45, 2.75) is 19.4 Å². The second-order valence-electron chi connectivity index (χ2n) is 6.48. The van der Waals surface area contributed by atoms with Crippen LogP contribution in [0.4, 0.5) is 5.69 Å². The van der Waals surface area contributed by atoms with Gasteiger partial charge in [0.15, 0.2) is 0 Å². The number of carbonyl (C=O) groups is 4. The van der Waals surface area contributed by atoms with E-state index < -0.39 is 29.9 Å². The van der Waals surface area contributed by atoms with Crippen molar-refractivity contribution >= 4 is 29.4 Å². The molecule has 1 fully saturated rings. The van der Waals surface area contributed by atoms with Gasteiger partial charge in [-0.2, -0.15) is 0 Å². The molecule has 148 valence electrons. The fraction of sp³-hybridized carbons (Fsp3) is 0.238. The van der Waals surface area contributed by atoms with Gasteiger partial charge >= 0.3 is 11.9 Å². The number of benzene rings is 2. The number of esters is 2. The summed E-state index contributed by atoms with van der Waals surface area (Å²) in [6, 6.07) is 10.7. The monoisotopic (exact) mass is 395 g/mol. The van der Waals surface area contributed by atoms with Crippen LogP contribution in [0.1, 0.15) is 44.4 Å². The molecule has 8 nitrogen and oxygen atoms in total. The molecule has 1 saturated heterocycles. The van der Waals surface area contributed by atoms with Gasteiger partial charge in [-0.3, -0.25) is 9.59 Å². The molecule has 4 rings (SSSR count). The third kappa shape index (κ3) is 3.33. The number of carbonyl (C=O) groups excluding carboxylic acids is 4. The zero-order chi connectivity index (χ0) is 20.5. The van der Waals surface area contributed by atoms with E-state index in [2.05, 4.69) is 0 Å². The van der Waals surface area contributed by atoms with E-state index in [9.17, 15) is 19.2 Å². The summed E-state index contributed by atoms with van der Waals surface area (Å²) in [6.45, 7) is 2.56. The van der Waals surface area contributed by atoms with Crippen molar-refractivity contribution < 1.29 is 33.4 Å². The molecular weight excluding hydrogens is 378 g/mol. The van der Waals surface area contributed by atoms with Gasteiger partial charge in [0.2, 0.25) is 6.10 Å². The van der Waals surface area contributed by atoms with Crippen LogP contribution in [0, 0.1) is 0 Å². The number of rotatable bonds is 5. The van der Waals surface area contributed by atoms with Crippen LogP contribution < -0.4 is 9.64 Å². The van der Waals surface area contributed by atoms with Crippen LogP contribution in [0.15, 0.2) is 42.5 Å². The number of imide groups is 1. The van der Waals surface area contributed by atoms with Crippen molar-refractivity contribution in [3.63, 3.8) is 0 Å².